The van der Waals surface area contributed by atoms with Crippen LogP contribution in [0.4, 0.5) is 0 Å². The van der Waals surface area contributed by atoms with Gasteiger partial charge in [0.05, 0.1) is 6.20 Å². The molecule has 1 aromatic rings. The predicted molar refractivity (Wildman–Crippen MR) is 48.9 cm³/mol. The standard InChI is InChI=1S/C9H12N2O2/c1-3-4-7-8(6(2)12)5-10-11-9(7)13/h5H,3-4H2,1-2H3,(H,11,13). The summed E-state index contributed by atoms with van der Waals surface area (Å²) < 4.78 is 0. The van der Waals surface area contributed by atoms with E-state index in [0.717, 1.165) is 6.42 Å². The molecule has 70 valence electrons. The van der Waals surface area contributed by atoms with E-state index in [2.05, 4.69) is 10.2 Å². The fraction of sp³-hybridized carbons (Fsp3) is 0.444. The highest BCUT2D eigenvalue weighted by Crippen LogP contribution is 2.04. The summed E-state index contributed by atoms with van der Waals surface area (Å²) in [5.74, 6) is -0.109. The van der Waals surface area contributed by atoms with Crippen LogP contribution in [0, 0.1) is 0 Å². The molecule has 0 saturated heterocycles. The fourth-order valence-corrected chi connectivity index (χ4v) is 1.22. The molecule has 0 aromatic carbocycles. The monoisotopic (exact) mass is 180 g/mol. The van der Waals surface area contributed by atoms with Gasteiger partial charge in [0.25, 0.3) is 5.56 Å². The van der Waals surface area contributed by atoms with E-state index in [0.29, 0.717) is 17.5 Å². The molecule has 0 unspecified atom stereocenters. The van der Waals surface area contributed by atoms with Gasteiger partial charge in [-0.25, -0.2) is 5.10 Å². The van der Waals surface area contributed by atoms with E-state index in [1.807, 2.05) is 6.92 Å². The first-order valence-electron chi connectivity index (χ1n) is 4.24. The summed E-state index contributed by atoms with van der Waals surface area (Å²) in [5, 5.41) is 5.91. The lowest BCUT2D eigenvalue weighted by Crippen LogP contribution is -2.18. The van der Waals surface area contributed by atoms with Crippen LogP contribution in [-0.4, -0.2) is 16.0 Å². The molecule has 1 aromatic heterocycles. The number of carbonyl (C=O) groups is 1. The number of nitrogens with one attached hydrogen (secondary N) is 1. The van der Waals surface area contributed by atoms with Crippen LogP contribution < -0.4 is 5.56 Å². The minimum Gasteiger partial charge on any atom is -0.294 e. The third-order valence-corrected chi connectivity index (χ3v) is 1.84. The van der Waals surface area contributed by atoms with E-state index in [9.17, 15) is 9.59 Å². The minimum absolute atomic E-state index is 0.109. The van der Waals surface area contributed by atoms with Crippen molar-refractivity contribution in [1.29, 1.82) is 0 Å². The smallest absolute Gasteiger partial charge is 0.268 e. The fourth-order valence-electron chi connectivity index (χ4n) is 1.22. The Kier molecular flexibility index (Phi) is 2.95. The summed E-state index contributed by atoms with van der Waals surface area (Å²) in [6.07, 6.45) is 2.87. The number of hydrogen-bond donors (Lipinski definition) is 1. The maximum Gasteiger partial charge on any atom is 0.268 e. The molecule has 0 spiro atoms. The summed E-state index contributed by atoms with van der Waals surface area (Å²) >= 11 is 0. The molecule has 0 radical (unpaired) electrons. The van der Waals surface area contributed by atoms with Gasteiger partial charge < -0.3 is 0 Å². The van der Waals surface area contributed by atoms with Gasteiger partial charge in [0.15, 0.2) is 5.78 Å². The van der Waals surface area contributed by atoms with Crippen molar-refractivity contribution in [1.82, 2.24) is 10.2 Å². The summed E-state index contributed by atoms with van der Waals surface area (Å²) in [4.78, 5) is 22.4. The van der Waals surface area contributed by atoms with Crippen molar-refractivity contribution in [3.63, 3.8) is 0 Å². The molecule has 0 saturated carbocycles. The number of rotatable bonds is 3. The van der Waals surface area contributed by atoms with Crippen molar-refractivity contribution in [3.05, 3.63) is 27.7 Å². The van der Waals surface area contributed by atoms with E-state index in [1.165, 1.54) is 13.1 Å². The predicted octanol–water partition coefficient (Wildman–Crippen LogP) is 0.925. The summed E-state index contributed by atoms with van der Waals surface area (Å²) in [7, 11) is 0. The molecule has 0 aliphatic heterocycles. The van der Waals surface area contributed by atoms with Crippen LogP contribution in [0.5, 0.6) is 0 Å². The first-order chi connectivity index (χ1) is 6.16. The van der Waals surface area contributed by atoms with Gasteiger partial charge in [-0.2, -0.15) is 5.10 Å². The molecular weight excluding hydrogens is 168 g/mol. The summed E-state index contributed by atoms with van der Waals surface area (Å²) in [6, 6.07) is 0. The van der Waals surface area contributed by atoms with Crippen molar-refractivity contribution in [2.45, 2.75) is 26.7 Å². The lowest BCUT2D eigenvalue weighted by Gasteiger charge is -2.01. The summed E-state index contributed by atoms with van der Waals surface area (Å²) in [6.45, 7) is 3.40. The molecule has 4 heteroatoms. The van der Waals surface area contributed by atoms with E-state index in [4.69, 9.17) is 0 Å². The Morgan fingerprint density at radius 1 is 1.62 bits per heavy atom. The van der Waals surface area contributed by atoms with Crippen molar-refractivity contribution >= 4 is 5.78 Å². The van der Waals surface area contributed by atoms with Gasteiger partial charge in [0, 0.05) is 11.1 Å². The van der Waals surface area contributed by atoms with Crippen LogP contribution in [0.15, 0.2) is 11.0 Å². The SMILES string of the molecule is CCCc1c(C(C)=O)cn[nH]c1=O. The second kappa shape index (κ2) is 3.98. The number of ketones is 1. The second-order valence-electron chi connectivity index (χ2n) is 2.90. The molecule has 1 N–H and O–H groups in total. The molecule has 0 aliphatic rings. The van der Waals surface area contributed by atoms with Crippen LogP contribution in [0.3, 0.4) is 0 Å². The zero-order valence-electron chi connectivity index (χ0n) is 7.76. The maximum atomic E-state index is 11.3. The van der Waals surface area contributed by atoms with E-state index in [1.54, 1.807) is 0 Å². The molecule has 1 rings (SSSR count). The number of aromatic nitrogens is 2. The average molecular weight is 180 g/mol. The average Bonchev–Trinajstić information content (AvgIpc) is 2.08. The molecule has 13 heavy (non-hydrogen) atoms. The van der Waals surface area contributed by atoms with Gasteiger partial charge in [0.2, 0.25) is 0 Å². The Bertz CT molecular complexity index is 368. The Balaban J connectivity index is 3.25. The van der Waals surface area contributed by atoms with Crippen molar-refractivity contribution in [2.75, 3.05) is 0 Å². The molecule has 0 bridgehead atoms. The van der Waals surface area contributed by atoms with Crippen molar-refractivity contribution in [2.24, 2.45) is 0 Å². The number of aromatic amines is 1. The van der Waals surface area contributed by atoms with E-state index >= 15 is 0 Å². The third-order valence-electron chi connectivity index (χ3n) is 1.84. The largest absolute Gasteiger partial charge is 0.294 e. The van der Waals surface area contributed by atoms with Crippen LogP contribution in [0.25, 0.3) is 0 Å². The lowest BCUT2D eigenvalue weighted by molar-refractivity contribution is 0.101. The summed E-state index contributed by atoms with van der Waals surface area (Å²) in [5.41, 5.74) is 0.727. The van der Waals surface area contributed by atoms with Gasteiger partial charge >= 0.3 is 0 Å². The molecule has 4 nitrogen and oxygen atoms in total. The maximum absolute atomic E-state index is 11.3. The highest BCUT2D eigenvalue weighted by atomic mass is 16.1. The van der Waals surface area contributed by atoms with Crippen LogP contribution in [0.2, 0.25) is 0 Å². The van der Waals surface area contributed by atoms with Crippen LogP contribution >= 0.6 is 0 Å². The lowest BCUT2D eigenvalue weighted by atomic mass is 10.0. The van der Waals surface area contributed by atoms with E-state index < -0.39 is 0 Å². The number of hydrogen-bond acceptors (Lipinski definition) is 3. The zero-order valence-corrected chi connectivity index (χ0v) is 7.76. The third kappa shape index (κ3) is 2.02. The van der Waals surface area contributed by atoms with Crippen molar-refractivity contribution in [3.8, 4) is 0 Å². The Labute approximate surface area is 76.0 Å². The van der Waals surface area contributed by atoms with Gasteiger partial charge in [-0.1, -0.05) is 13.3 Å². The minimum atomic E-state index is -0.255. The van der Waals surface area contributed by atoms with Crippen molar-refractivity contribution < 1.29 is 4.79 Å². The first-order valence-corrected chi connectivity index (χ1v) is 4.24. The van der Waals surface area contributed by atoms with E-state index in [-0.39, 0.29) is 11.3 Å². The molecule has 0 atom stereocenters. The normalized spacial score (nSPS) is 10.0. The quantitative estimate of drug-likeness (QED) is 0.703. The highest BCUT2D eigenvalue weighted by Gasteiger charge is 2.09. The first kappa shape index (κ1) is 9.64. The molecular formula is C9H12N2O2. The Morgan fingerprint density at radius 3 is 2.85 bits per heavy atom. The number of Topliss-reactive ketones (excluding diaryl/α,β-unsaturated/α-hetero) is 1. The number of H-pyrrole nitrogens is 1. The Hall–Kier alpha value is -1.45. The van der Waals surface area contributed by atoms with Gasteiger partial charge in [-0.15, -0.1) is 0 Å². The van der Waals surface area contributed by atoms with Gasteiger partial charge in [-0.05, 0) is 13.3 Å². The molecule has 1 heterocycles. The molecule has 0 fully saturated rings. The van der Waals surface area contributed by atoms with Crippen LogP contribution in [-0.2, 0) is 6.42 Å². The second-order valence-corrected chi connectivity index (χ2v) is 2.90. The molecule has 0 aliphatic carbocycles. The van der Waals surface area contributed by atoms with Gasteiger partial charge in [0.1, 0.15) is 0 Å². The van der Waals surface area contributed by atoms with Crippen LogP contribution in [0.1, 0.15) is 36.2 Å². The topological polar surface area (TPSA) is 62.8 Å². The zero-order chi connectivity index (χ0) is 9.84. The molecule has 0 amide bonds. The highest BCUT2D eigenvalue weighted by molar-refractivity contribution is 5.95. The Morgan fingerprint density at radius 2 is 2.31 bits per heavy atom. The van der Waals surface area contributed by atoms with Gasteiger partial charge in [-0.3, -0.25) is 9.59 Å². The number of nitrogens with zero attached hydrogens (tertiary/aromatic N) is 1. The number of carbonyl (C=O) groups excluding carboxylic acids is 1.